The van der Waals surface area contributed by atoms with Crippen molar-refractivity contribution >= 4 is 15.9 Å². The van der Waals surface area contributed by atoms with Gasteiger partial charge in [0.15, 0.2) is 0 Å². The molecule has 108 valence electrons. The third-order valence-electron chi connectivity index (χ3n) is 3.41. The van der Waals surface area contributed by atoms with Crippen molar-refractivity contribution in [1.82, 2.24) is 14.9 Å². The van der Waals surface area contributed by atoms with Gasteiger partial charge in [-0.1, -0.05) is 41.9 Å². The second kappa shape index (κ2) is 7.04. The van der Waals surface area contributed by atoms with Crippen LogP contribution in [-0.4, -0.2) is 16.1 Å². The lowest BCUT2D eigenvalue weighted by Gasteiger charge is -2.20. The molecule has 0 aliphatic rings. The number of hydrogen-bond donors (Lipinski definition) is 1. The second-order valence-electron chi connectivity index (χ2n) is 4.98. The summed E-state index contributed by atoms with van der Waals surface area (Å²) in [6, 6.07) is 6.65. The molecule has 2 rings (SSSR count). The maximum atomic E-state index is 4.57. The molecule has 4 heteroatoms. The first-order chi connectivity index (χ1) is 9.67. The molecule has 0 spiro atoms. The molecule has 0 aliphatic carbocycles. The van der Waals surface area contributed by atoms with Crippen molar-refractivity contribution in [3.63, 3.8) is 0 Å². The van der Waals surface area contributed by atoms with Crippen molar-refractivity contribution in [3.8, 4) is 0 Å². The van der Waals surface area contributed by atoms with Crippen LogP contribution in [0.3, 0.4) is 0 Å². The Morgan fingerprint density at radius 1 is 1.35 bits per heavy atom. The summed E-state index contributed by atoms with van der Waals surface area (Å²) in [5.74, 6) is 1.09. The first-order valence-corrected chi connectivity index (χ1v) is 7.97. The Balaban J connectivity index is 2.39. The summed E-state index contributed by atoms with van der Waals surface area (Å²) >= 11 is 3.62. The van der Waals surface area contributed by atoms with Crippen molar-refractivity contribution in [1.29, 1.82) is 0 Å². The lowest BCUT2D eigenvalue weighted by molar-refractivity contribution is 0.544. The van der Waals surface area contributed by atoms with Gasteiger partial charge in [0.2, 0.25) is 0 Å². The molecule has 0 radical (unpaired) electrons. The molecular formula is C16H22BrN3. The van der Waals surface area contributed by atoms with E-state index in [-0.39, 0.29) is 6.04 Å². The number of halogens is 1. The normalized spacial score (nSPS) is 12.6. The lowest BCUT2D eigenvalue weighted by atomic mass is 10.0. The third kappa shape index (κ3) is 3.30. The zero-order chi connectivity index (χ0) is 14.5. The number of nitrogens with one attached hydrogen (secondary N) is 1. The van der Waals surface area contributed by atoms with Gasteiger partial charge in [0.25, 0.3) is 0 Å². The number of rotatable bonds is 6. The van der Waals surface area contributed by atoms with E-state index >= 15 is 0 Å². The van der Waals surface area contributed by atoms with E-state index in [9.17, 15) is 0 Å². The molecular weight excluding hydrogens is 314 g/mol. The third-order valence-corrected chi connectivity index (χ3v) is 4.26. The highest BCUT2D eigenvalue weighted by molar-refractivity contribution is 9.10. The van der Waals surface area contributed by atoms with Gasteiger partial charge in [0.1, 0.15) is 5.82 Å². The quantitative estimate of drug-likeness (QED) is 0.862. The highest BCUT2D eigenvalue weighted by Crippen LogP contribution is 2.26. The molecule has 0 bridgehead atoms. The number of aryl methyl sites for hydroxylation is 2. The van der Waals surface area contributed by atoms with E-state index in [4.69, 9.17) is 0 Å². The average Bonchev–Trinajstić information content (AvgIpc) is 2.88. The van der Waals surface area contributed by atoms with E-state index in [0.717, 1.165) is 29.8 Å². The minimum atomic E-state index is 0.137. The van der Waals surface area contributed by atoms with E-state index in [1.807, 2.05) is 6.20 Å². The number of hydrogen-bond acceptors (Lipinski definition) is 2. The van der Waals surface area contributed by atoms with Gasteiger partial charge in [-0.3, -0.25) is 0 Å². The number of benzene rings is 1. The van der Waals surface area contributed by atoms with Crippen LogP contribution in [0.4, 0.5) is 0 Å². The molecule has 0 aliphatic heterocycles. The van der Waals surface area contributed by atoms with Gasteiger partial charge in [0, 0.05) is 23.4 Å². The van der Waals surface area contributed by atoms with Crippen LogP contribution in [0.15, 0.2) is 35.1 Å². The monoisotopic (exact) mass is 335 g/mol. The fraction of sp³-hybridized carbons (Fsp3) is 0.438. The van der Waals surface area contributed by atoms with Gasteiger partial charge in [-0.05, 0) is 37.1 Å². The van der Waals surface area contributed by atoms with Crippen LogP contribution in [0.5, 0.6) is 0 Å². The fourth-order valence-electron chi connectivity index (χ4n) is 2.36. The van der Waals surface area contributed by atoms with Gasteiger partial charge in [-0.2, -0.15) is 0 Å². The molecule has 1 unspecified atom stereocenters. The Labute approximate surface area is 129 Å². The Hall–Kier alpha value is -1.13. The van der Waals surface area contributed by atoms with E-state index < -0.39 is 0 Å². The molecule has 20 heavy (non-hydrogen) atoms. The predicted octanol–water partition coefficient (Wildman–Crippen LogP) is 4.06. The van der Waals surface area contributed by atoms with E-state index in [1.165, 1.54) is 11.1 Å². The van der Waals surface area contributed by atoms with Crippen molar-refractivity contribution in [3.05, 3.63) is 52.0 Å². The summed E-state index contributed by atoms with van der Waals surface area (Å²) in [7, 11) is 0. The van der Waals surface area contributed by atoms with Crippen LogP contribution < -0.4 is 5.32 Å². The topological polar surface area (TPSA) is 29.9 Å². The van der Waals surface area contributed by atoms with Crippen molar-refractivity contribution in [2.75, 3.05) is 6.54 Å². The van der Waals surface area contributed by atoms with Gasteiger partial charge in [0.05, 0.1) is 6.04 Å². The molecule has 1 N–H and O–H groups in total. The average molecular weight is 336 g/mol. The highest BCUT2D eigenvalue weighted by Gasteiger charge is 2.18. The Bertz CT molecular complexity index is 563. The highest BCUT2D eigenvalue weighted by atomic mass is 79.9. The minimum Gasteiger partial charge on any atom is -0.333 e. The molecule has 0 fully saturated rings. The van der Waals surface area contributed by atoms with Gasteiger partial charge in [-0.25, -0.2) is 4.98 Å². The van der Waals surface area contributed by atoms with Crippen LogP contribution in [0.2, 0.25) is 0 Å². The van der Waals surface area contributed by atoms with E-state index in [0.29, 0.717) is 0 Å². The maximum absolute atomic E-state index is 4.57. The van der Waals surface area contributed by atoms with Crippen LogP contribution in [0, 0.1) is 6.92 Å². The summed E-state index contributed by atoms with van der Waals surface area (Å²) in [6.07, 6.45) is 5.06. The molecule has 0 saturated heterocycles. The van der Waals surface area contributed by atoms with Crippen molar-refractivity contribution in [2.24, 2.45) is 0 Å². The van der Waals surface area contributed by atoms with Crippen molar-refractivity contribution in [2.45, 2.75) is 39.8 Å². The van der Waals surface area contributed by atoms with Gasteiger partial charge < -0.3 is 9.88 Å². The minimum absolute atomic E-state index is 0.137. The Kier molecular flexibility index (Phi) is 5.38. The van der Waals surface area contributed by atoms with E-state index in [1.54, 1.807) is 0 Å². The largest absolute Gasteiger partial charge is 0.333 e. The SMILES string of the molecule is CCCn1ccnc1C(NCC)c1ccc(C)c(Br)c1. The summed E-state index contributed by atoms with van der Waals surface area (Å²) in [5, 5.41) is 3.54. The molecule has 1 aromatic heterocycles. The lowest BCUT2D eigenvalue weighted by Crippen LogP contribution is -2.25. The first kappa shape index (κ1) is 15.3. The maximum Gasteiger partial charge on any atom is 0.130 e. The molecule has 0 saturated carbocycles. The number of nitrogens with zero attached hydrogens (tertiary/aromatic N) is 2. The smallest absolute Gasteiger partial charge is 0.130 e. The summed E-state index contributed by atoms with van der Waals surface area (Å²) in [4.78, 5) is 4.57. The van der Waals surface area contributed by atoms with Crippen molar-refractivity contribution < 1.29 is 0 Å². The summed E-state index contributed by atoms with van der Waals surface area (Å²) in [5.41, 5.74) is 2.49. The Morgan fingerprint density at radius 2 is 2.15 bits per heavy atom. The standard InChI is InChI=1S/C16H22BrN3/c1-4-9-20-10-8-19-16(20)15(18-5-2)13-7-6-12(3)14(17)11-13/h6-8,10-11,15,18H,4-5,9H2,1-3H3. The van der Waals surface area contributed by atoms with E-state index in [2.05, 4.69) is 76.0 Å². The van der Waals surface area contributed by atoms with Crippen LogP contribution in [0.25, 0.3) is 0 Å². The van der Waals surface area contributed by atoms with Gasteiger partial charge in [-0.15, -0.1) is 0 Å². The summed E-state index contributed by atoms with van der Waals surface area (Å²) < 4.78 is 3.38. The predicted molar refractivity (Wildman–Crippen MR) is 86.9 cm³/mol. The number of aromatic nitrogens is 2. The summed E-state index contributed by atoms with van der Waals surface area (Å²) in [6.45, 7) is 8.34. The van der Waals surface area contributed by atoms with Gasteiger partial charge >= 0.3 is 0 Å². The fourth-order valence-corrected chi connectivity index (χ4v) is 2.76. The molecule has 1 heterocycles. The van der Waals surface area contributed by atoms with Crippen LogP contribution in [-0.2, 0) is 6.54 Å². The number of imidazole rings is 1. The second-order valence-corrected chi connectivity index (χ2v) is 5.83. The molecule has 2 aromatic rings. The van der Waals surface area contributed by atoms with Crippen LogP contribution in [0.1, 0.15) is 43.3 Å². The molecule has 1 aromatic carbocycles. The first-order valence-electron chi connectivity index (χ1n) is 7.17. The zero-order valence-corrected chi connectivity index (χ0v) is 13.9. The zero-order valence-electron chi connectivity index (χ0n) is 12.4. The Morgan fingerprint density at radius 3 is 2.80 bits per heavy atom. The molecule has 3 nitrogen and oxygen atoms in total. The van der Waals surface area contributed by atoms with Crippen LogP contribution >= 0.6 is 15.9 Å². The molecule has 0 amide bonds. The molecule has 1 atom stereocenters.